The Balaban J connectivity index is 1.69. The molecule has 2 fully saturated rings. The van der Waals surface area contributed by atoms with Gasteiger partial charge in [-0.05, 0) is 43.4 Å². The number of aliphatic hydroxyl groups is 1. The molecule has 1 aromatic rings. The van der Waals surface area contributed by atoms with E-state index in [1.807, 2.05) is 29.2 Å². The number of fused-ring (bicyclic) bond motifs is 2. The van der Waals surface area contributed by atoms with E-state index in [4.69, 9.17) is 11.6 Å². The smallest absolute Gasteiger partial charge is 0.227 e. The van der Waals surface area contributed by atoms with Crippen LogP contribution < -0.4 is 0 Å². The average molecular weight is 280 g/mol. The summed E-state index contributed by atoms with van der Waals surface area (Å²) in [4.78, 5) is 14.4. The van der Waals surface area contributed by atoms with Crippen molar-refractivity contribution in [2.24, 2.45) is 0 Å². The highest BCUT2D eigenvalue weighted by molar-refractivity contribution is 6.30. The van der Waals surface area contributed by atoms with Gasteiger partial charge in [-0.15, -0.1) is 0 Å². The molecule has 2 saturated heterocycles. The Morgan fingerprint density at radius 3 is 2.37 bits per heavy atom. The zero-order chi connectivity index (χ0) is 13.4. The summed E-state index contributed by atoms with van der Waals surface area (Å²) in [5.41, 5.74) is 1.000. The molecule has 2 aliphatic heterocycles. The second-order valence-electron chi connectivity index (χ2n) is 5.61. The largest absolute Gasteiger partial charge is 0.393 e. The number of halogens is 1. The van der Waals surface area contributed by atoms with Gasteiger partial charge >= 0.3 is 0 Å². The minimum Gasteiger partial charge on any atom is -0.393 e. The molecule has 1 amide bonds. The molecule has 3 nitrogen and oxygen atoms in total. The first-order valence-electron chi connectivity index (χ1n) is 6.87. The predicted octanol–water partition coefficient (Wildman–Crippen LogP) is 2.40. The molecule has 0 radical (unpaired) electrons. The third kappa shape index (κ3) is 2.63. The molecule has 0 aliphatic carbocycles. The Morgan fingerprint density at radius 1 is 1.21 bits per heavy atom. The van der Waals surface area contributed by atoms with Crippen molar-refractivity contribution in [1.82, 2.24) is 4.90 Å². The van der Waals surface area contributed by atoms with Crippen molar-refractivity contribution < 1.29 is 9.90 Å². The number of piperidine rings is 1. The molecule has 1 N–H and O–H groups in total. The summed E-state index contributed by atoms with van der Waals surface area (Å²) >= 11 is 5.85. The molecule has 2 atom stereocenters. The van der Waals surface area contributed by atoms with E-state index < -0.39 is 0 Å². The fourth-order valence-electron chi connectivity index (χ4n) is 3.42. The minimum atomic E-state index is -0.225. The summed E-state index contributed by atoms with van der Waals surface area (Å²) in [6.07, 6.45) is 3.76. The van der Waals surface area contributed by atoms with Crippen molar-refractivity contribution in [2.45, 2.75) is 50.3 Å². The Morgan fingerprint density at radius 2 is 1.79 bits per heavy atom. The SMILES string of the molecule is O=C(Cc1ccc(Cl)cc1)N1C2CCC1CC(O)C2. The quantitative estimate of drug-likeness (QED) is 0.903. The number of hydrogen-bond acceptors (Lipinski definition) is 2. The molecule has 0 aromatic heterocycles. The highest BCUT2D eigenvalue weighted by atomic mass is 35.5. The molecule has 2 aliphatic rings. The van der Waals surface area contributed by atoms with Crippen LogP contribution in [0.15, 0.2) is 24.3 Å². The Kier molecular flexibility index (Phi) is 3.50. The summed E-state index contributed by atoms with van der Waals surface area (Å²) in [5.74, 6) is 0.182. The second kappa shape index (κ2) is 5.14. The van der Waals surface area contributed by atoms with E-state index in [1.54, 1.807) is 0 Å². The molecule has 19 heavy (non-hydrogen) atoms. The van der Waals surface area contributed by atoms with Gasteiger partial charge in [0.25, 0.3) is 0 Å². The fourth-order valence-corrected chi connectivity index (χ4v) is 3.55. The molecular formula is C15H18ClNO2. The monoisotopic (exact) mass is 279 g/mol. The van der Waals surface area contributed by atoms with Crippen LogP contribution in [-0.2, 0) is 11.2 Å². The van der Waals surface area contributed by atoms with E-state index in [2.05, 4.69) is 0 Å². The number of rotatable bonds is 2. The minimum absolute atomic E-state index is 0.182. The molecule has 0 spiro atoms. The molecule has 2 unspecified atom stereocenters. The summed E-state index contributed by atoms with van der Waals surface area (Å²) < 4.78 is 0. The molecule has 102 valence electrons. The van der Waals surface area contributed by atoms with E-state index in [9.17, 15) is 9.90 Å². The number of aliphatic hydroxyl groups excluding tert-OH is 1. The van der Waals surface area contributed by atoms with Gasteiger partial charge in [0.15, 0.2) is 0 Å². The van der Waals surface area contributed by atoms with Crippen LogP contribution in [0.2, 0.25) is 5.02 Å². The van der Waals surface area contributed by atoms with Crippen LogP contribution in [0.1, 0.15) is 31.2 Å². The van der Waals surface area contributed by atoms with Gasteiger partial charge < -0.3 is 10.0 Å². The molecular weight excluding hydrogens is 262 g/mol. The molecule has 0 saturated carbocycles. The first kappa shape index (κ1) is 12.9. The number of hydrogen-bond donors (Lipinski definition) is 1. The topological polar surface area (TPSA) is 40.5 Å². The molecule has 4 heteroatoms. The van der Waals surface area contributed by atoms with Crippen molar-refractivity contribution in [3.8, 4) is 0 Å². The van der Waals surface area contributed by atoms with Crippen LogP contribution in [0, 0.1) is 0 Å². The summed E-state index contributed by atoms with van der Waals surface area (Å²) in [7, 11) is 0. The van der Waals surface area contributed by atoms with Crippen LogP contribution in [0.4, 0.5) is 0 Å². The maximum atomic E-state index is 12.4. The lowest BCUT2D eigenvalue weighted by Gasteiger charge is -2.37. The Labute approximate surface area is 118 Å². The van der Waals surface area contributed by atoms with E-state index in [0.717, 1.165) is 31.2 Å². The second-order valence-corrected chi connectivity index (χ2v) is 6.05. The molecule has 2 heterocycles. The van der Waals surface area contributed by atoms with Crippen molar-refractivity contribution in [3.05, 3.63) is 34.9 Å². The van der Waals surface area contributed by atoms with Gasteiger partial charge in [-0.1, -0.05) is 23.7 Å². The van der Waals surface area contributed by atoms with Gasteiger partial charge in [-0.2, -0.15) is 0 Å². The van der Waals surface area contributed by atoms with Crippen LogP contribution in [0.5, 0.6) is 0 Å². The van der Waals surface area contributed by atoms with Gasteiger partial charge in [0, 0.05) is 17.1 Å². The van der Waals surface area contributed by atoms with Gasteiger partial charge in [0.05, 0.1) is 12.5 Å². The molecule has 2 bridgehead atoms. The number of benzene rings is 1. The van der Waals surface area contributed by atoms with E-state index in [1.165, 1.54) is 0 Å². The maximum absolute atomic E-state index is 12.4. The van der Waals surface area contributed by atoms with Gasteiger partial charge in [0.2, 0.25) is 5.91 Å². The number of carbonyl (C=O) groups excluding carboxylic acids is 1. The van der Waals surface area contributed by atoms with Crippen LogP contribution in [-0.4, -0.2) is 34.1 Å². The van der Waals surface area contributed by atoms with Gasteiger partial charge in [-0.3, -0.25) is 4.79 Å². The normalized spacial score (nSPS) is 29.6. The summed E-state index contributed by atoms with van der Waals surface area (Å²) in [6.45, 7) is 0. The highest BCUT2D eigenvalue weighted by Crippen LogP contribution is 2.36. The predicted molar refractivity (Wildman–Crippen MR) is 74.1 cm³/mol. The zero-order valence-electron chi connectivity index (χ0n) is 10.8. The lowest BCUT2D eigenvalue weighted by Crippen LogP contribution is -2.48. The van der Waals surface area contributed by atoms with E-state index >= 15 is 0 Å². The van der Waals surface area contributed by atoms with Crippen molar-refractivity contribution in [2.75, 3.05) is 0 Å². The lowest BCUT2D eigenvalue weighted by molar-refractivity contribution is -0.136. The van der Waals surface area contributed by atoms with Crippen molar-refractivity contribution >= 4 is 17.5 Å². The van der Waals surface area contributed by atoms with Crippen LogP contribution in [0.25, 0.3) is 0 Å². The van der Waals surface area contributed by atoms with E-state index in [0.29, 0.717) is 11.4 Å². The highest BCUT2D eigenvalue weighted by Gasteiger charge is 2.42. The van der Waals surface area contributed by atoms with E-state index in [-0.39, 0.29) is 24.1 Å². The molecule has 3 rings (SSSR count). The standard InChI is InChI=1S/C15H18ClNO2/c16-11-3-1-10(2-4-11)7-15(19)17-12-5-6-13(17)9-14(18)8-12/h1-4,12-14,18H,5-9H2. The van der Waals surface area contributed by atoms with Gasteiger partial charge in [0.1, 0.15) is 0 Å². The first-order valence-corrected chi connectivity index (χ1v) is 7.25. The average Bonchev–Trinajstić information content (AvgIpc) is 2.65. The third-order valence-electron chi connectivity index (χ3n) is 4.26. The molecule has 1 aromatic carbocycles. The van der Waals surface area contributed by atoms with Crippen molar-refractivity contribution in [3.63, 3.8) is 0 Å². The Hall–Kier alpha value is -1.06. The zero-order valence-corrected chi connectivity index (χ0v) is 11.5. The van der Waals surface area contributed by atoms with Crippen LogP contribution >= 0.6 is 11.6 Å². The van der Waals surface area contributed by atoms with Crippen LogP contribution in [0.3, 0.4) is 0 Å². The third-order valence-corrected chi connectivity index (χ3v) is 4.52. The van der Waals surface area contributed by atoms with Crippen molar-refractivity contribution in [1.29, 1.82) is 0 Å². The maximum Gasteiger partial charge on any atom is 0.227 e. The first-order chi connectivity index (χ1) is 9.13. The summed E-state index contributed by atoms with van der Waals surface area (Å²) in [6, 6.07) is 7.93. The Bertz CT molecular complexity index is 460. The fraction of sp³-hybridized carbons (Fsp3) is 0.533. The number of nitrogens with zero attached hydrogens (tertiary/aromatic N) is 1. The number of amides is 1. The van der Waals surface area contributed by atoms with Gasteiger partial charge in [-0.25, -0.2) is 0 Å². The number of carbonyl (C=O) groups is 1. The summed E-state index contributed by atoms with van der Waals surface area (Å²) in [5, 5.41) is 10.4. The lowest BCUT2D eigenvalue weighted by atomic mass is 9.99.